The zero-order valence-electron chi connectivity index (χ0n) is 22.0. The highest BCUT2D eigenvalue weighted by Gasteiger charge is 2.52. The van der Waals surface area contributed by atoms with Crippen LogP contribution in [0.15, 0.2) is 39.5 Å². The van der Waals surface area contributed by atoms with Crippen molar-refractivity contribution < 1.29 is 74.8 Å². The Hall–Kier alpha value is -3.55. The molecule has 1 aromatic heterocycles. The van der Waals surface area contributed by atoms with Gasteiger partial charge in [0.15, 0.2) is 28.8 Å². The minimum absolute atomic E-state index is 0.0884. The molecule has 0 saturated carbocycles. The molecule has 10 atom stereocenters. The number of hydrogen-bond acceptors (Lipinski definition) is 16. The van der Waals surface area contributed by atoms with Crippen molar-refractivity contribution in [2.45, 2.75) is 61.2 Å². The highest BCUT2D eigenvalue weighted by Crippen LogP contribution is 2.45. The van der Waals surface area contributed by atoms with Crippen LogP contribution < -0.4 is 5.43 Å². The van der Waals surface area contributed by atoms with Gasteiger partial charge in [-0.2, -0.15) is 0 Å². The summed E-state index contributed by atoms with van der Waals surface area (Å²) in [6, 6.07) is 5.24. The molecule has 0 amide bonds. The maximum Gasteiger partial charge on any atom is 0.197 e. The van der Waals surface area contributed by atoms with Crippen LogP contribution in [-0.2, 0) is 14.2 Å². The summed E-state index contributed by atoms with van der Waals surface area (Å²) in [6.07, 6.45) is -17.7. The first-order valence-corrected chi connectivity index (χ1v) is 13.0. The van der Waals surface area contributed by atoms with Crippen LogP contribution in [0.5, 0.6) is 23.0 Å². The van der Waals surface area contributed by atoms with E-state index in [9.17, 15) is 61.0 Å². The molecular formula is C27H30O16. The fourth-order valence-electron chi connectivity index (χ4n) is 5.22. The third kappa shape index (κ3) is 5.38. The summed E-state index contributed by atoms with van der Waals surface area (Å²) in [5, 5.41) is 113. The van der Waals surface area contributed by atoms with Gasteiger partial charge in [0.25, 0.3) is 0 Å². The summed E-state index contributed by atoms with van der Waals surface area (Å²) < 4.78 is 22.7. The topological polar surface area (TPSA) is 280 Å². The second-order valence-electron chi connectivity index (χ2n) is 10.3. The number of benzene rings is 2. The fraction of sp³-hybridized carbons (Fsp3) is 0.444. The maximum atomic E-state index is 13.2. The monoisotopic (exact) mass is 610 g/mol. The van der Waals surface area contributed by atoms with Gasteiger partial charge >= 0.3 is 0 Å². The molecule has 3 heterocycles. The SMILES string of the molecule is O=c1cc(-c2ccc(O)c(O)c2)oc2c([C@@H]3O[C@H](CO)[C@@H](O)[C@H](O)[C@H]3O[C@@H]3O[C@H](CO)[C@@H](O)[C@H](O)[C@H]3O)c(O)cc(O)c12. The molecule has 11 N–H and O–H groups in total. The summed E-state index contributed by atoms with van der Waals surface area (Å²) in [6.45, 7) is -1.66. The molecule has 0 bridgehead atoms. The maximum absolute atomic E-state index is 13.2. The zero-order chi connectivity index (χ0) is 31.3. The Kier molecular flexibility index (Phi) is 8.52. The highest BCUT2D eigenvalue weighted by atomic mass is 16.7. The molecule has 0 unspecified atom stereocenters. The molecule has 2 saturated heterocycles. The van der Waals surface area contributed by atoms with Crippen LogP contribution >= 0.6 is 0 Å². The second kappa shape index (κ2) is 11.9. The van der Waals surface area contributed by atoms with E-state index in [1.54, 1.807) is 0 Å². The Bertz CT molecular complexity index is 1540. The van der Waals surface area contributed by atoms with Crippen LogP contribution in [0.1, 0.15) is 11.7 Å². The largest absolute Gasteiger partial charge is 0.507 e. The third-order valence-electron chi connectivity index (χ3n) is 7.55. The van der Waals surface area contributed by atoms with Crippen molar-refractivity contribution in [2.75, 3.05) is 13.2 Å². The minimum atomic E-state index is -1.95. The number of aliphatic hydroxyl groups excluding tert-OH is 7. The average molecular weight is 611 g/mol. The van der Waals surface area contributed by atoms with Crippen LogP contribution in [0.25, 0.3) is 22.3 Å². The van der Waals surface area contributed by atoms with E-state index in [-0.39, 0.29) is 11.3 Å². The van der Waals surface area contributed by atoms with E-state index in [0.717, 1.165) is 24.3 Å². The van der Waals surface area contributed by atoms with Gasteiger partial charge in [-0.15, -0.1) is 0 Å². The summed E-state index contributed by atoms with van der Waals surface area (Å²) in [5.41, 5.74) is -1.66. The van der Waals surface area contributed by atoms with Crippen LogP contribution in [0.3, 0.4) is 0 Å². The predicted octanol–water partition coefficient (Wildman–Crippen LogP) is -2.38. The molecule has 2 aliphatic rings. The molecule has 3 aromatic rings. The van der Waals surface area contributed by atoms with E-state index in [1.807, 2.05) is 0 Å². The van der Waals surface area contributed by atoms with E-state index >= 15 is 0 Å². The molecule has 2 aliphatic heterocycles. The normalized spacial score (nSPS) is 33.1. The molecule has 0 spiro atoms. The number of aromatic hydroxyl groups is 4. The van der Waals surface area contributed by atoms with Crippen LogP contribution in [0.2, 0.25) is 0 Å². The van der Waals surface area contributed by atoms with Gasteiger partial charge in [-0.1, -0.05) is 0 Å². The molecule has 16 nitrogen and oxygen atoms in total. The molecule has 16 heteroatoms. The first-order chi connectivity index (χ1) is 20.4. The van der Waals surface area contributed by atoms with E-state index in [2.05, 4.69) is 0 Å². The Labute approximate surface area is 241 Å². The Morgan fingerprint density at radius 3 is 2.00 bits per heavy atom. The summed E-state index contributed by atoms with van der Waals surface area (Å²) in [4.78, 5) is 13.2. The van der Waals surface area contributed by atoms with Crippen molar-refractivity contribution in [3.05, 3.63) is 46.1 Å². The number of ether oxygens (including phenoxy) is 3. The van der Waals surface area contributed by atoms with Gasteiger partial charge in [0.05, 0.1) is 18.8 Å². The van der Waals surface area contributed by atoms with E-state index in [0.29, 0.717) is 0 Å². The molecule has 0 aliphatic carbocycles. The smallest absolute Gasteiger partial charge is 0.197 e. The quantitative estimate of drug-likeness (QED) is 0.130. The zero-order valence-corrected chi connectivity index (χ0v) is 22.0. The molecule has 0 radical (unpaired) electrons. The third-order valence-corrected chi connectivity index (χ3v) is 7.55. The number of rotatable bonds is 6. The van der Waals surface area contributed by atoms with Crippen LogP contribution in [0, 0.1) is 0 Å². The lowest BCUT2D eigenvalue weighted by molar-refractivity contribution is -0.342. The van der Waals surface area contributed by atoms with Crippen molar-refractivity contribution in [1.29, 1.82) is 0 Å². The van der Waals surface area contributed by atoms with E-state index in [1.165, 1.54) is 6.07 Å². The van der Waals surface area contributed by atoms with E-state index < -0.39 is 119 Å². The number of phenolic OH excluding ortho intramolecular Hbond substituents is 4. The number of hydrogen-bond donors (Lipinski definition) is 11. The first kappa shape index (κ1) is 30.9. The van der Waals surface area contributed by atoms with Crippen molar-refractivity contribution in [3.63, 3.8) is 0 Å². The van der Waals surface area contributed by atoms with Crippen LogP contribution in [-0.4, -0.2) is 125 Å². The van der Waals surface area contributed by atoms with Gasteiger partial charge in [-0.05, 0) is 18.2 Å². The molecule has 234 valence electrons. The highest BCUT2D eigenvalue weighted by molar-refractivity contribution is 5.89. The molecule has 5 rings (SSSR count). The summed E-state index contributed by atoms with van der Waals surface area (Å²) in [7, 11) is 0. The Balaban J connectivity index is 1.67. The Morgan fingerprint density at radius 1 is 0.698 bits per heavy atom. The number of fused-ring (bicyclic) bond motifs is 1. The summed E-state index contributed by atoms with van der Waals surface area (Å²) >= 11 is 0. The first-order valence-electron chi connectivity index (χ1n) is 13.0. The van der Waals surface area contributed by atoms with Crippen molar-refractivity contribution in [1.82, 2.24) is 0 Å². The van der Waals surface area contributed by atoms with Crippen molar-refractivity contribution in [2.24, 2.45) is 0 Å². The molecular weight excluding hydrogens is 580 g/mol. The summed E-state index contributed by atoms with van der Waals surface area (Å²) in [5.74, 6) is -2.70. The number of phenols is 4. The van der Waals surface area contributed by atoms with Gasteiger partial charge in [-0.3, -0.25) is 4.79 Å². The lowest BCUT2D eigenvalue weighted by Gasteiger charge is -2.46. The predicted molar refractivity (Wildman–Crippen MR) is 140 cm³/mol. The van der Waals surface area contributed by atoms with Gasteiger partial charge < -0.3 is 74.8 Å². The fourth-order valence-corrected chi connectivity index (χ4v) is 5.22. The molecule has 2 fully saturated rings. The van der Waals surface area contributed by atoms with Gasteiger partial charge in [-0.25, -0.2) is 0 Å². The minimum Gasteiger partial charge on any atom is -0.507 e. The van der Waals surface area contributed by atoms with Crippen molar-refractivity contribution >= 4 is 11.0 Å². The average Bonchev–Trinajstić information content (AvgIpc) is 2.97. The van der Waals surface area contributed by atoms with Gasteiger partial charge in [0.1, 0.15) is 77.6 Å². The molecule has 43 heavy (non-hydrogen) atoms. The molecule has 2 aromatic carbocycles. The van der Waals surface area contributed by atoms with Gasteiger partial charge in [0.2, 0.25) is 0 Å². The van der Waals surface area contributed by atoms with Crippen LogP contribution in [0.4, 0.5) is 0 Å². The lowest BCUT2D eigenvalue weighted by Crippen LogP contribution is -2.62. The number of aliphatic hydroxyl groups is 7. The Morgan fingerprint density at radius 2 is 1.35 bits per heavy atom. The lowest BCUT2D eigenvalue weighted by atomic mass is 9.89. The van der Waals surface area contributed by atoms with E-state index in [4.69, 9.17) is 18.6 Å². The van der Waals surface area contributed by atoms with Crippen molar-refractivity contribution in [3.8, 4) is 34.3 Å². The standard InChI is InChI=1S/C27H30O16/c28-6-15-20(36)22(38)26(43-27-23(39)21(37)19(35)16(7-29)42-27)25(41-15)18-12(33)4-11(32)17-13(34)5-14(40-24(17)18)8-1-2-9(30)10(31)3-8/h1-5,15-16,19-23,25-33,35-39H,6-7H2/t15-,16-,19-,20-,21+,22+,23-,25+,26-,27+/m1/s1. The van der Waals surface area contributed by atoms with Gasteiger partial charge in [0, 0.05) is 17.7 Å². The second-order valence-corrected chi connectivity index (χ2v) is 10.3.